The molecule has 2 aromatic rings. The van der Waals surface area contributed by atoms with Crippen molar-refractivity contribution in [3.8, 4) is 0 Å². The zero-order valence-electron chi connectivity index (χ0n) is 19.3. The van der Waals surface area contributed by atoms with Gasteiger partial charge in [0.25, 0.3) is 0 Å². The van der Waals surface area contributed by atoms with Crippen molar-refractivity contribution in [3.63, 3.8) is 0 Å². The summed E-state index contributed by atoms with van der Waals surface area (Å²) < 4.78 is 26.0. The molecule has 0 unspecified atom stereocenters. The van der Waals surface area contributed by atoms with E-state index in [1.165, 1.54) is 17.0 Å². The minimum Gasteiger partial charge on any atom is -0.352 e. The zero-order chi connectivity index (χ0) is 24.9. The number of hydrogen-bond acceptors (Lipinski definition) is 4. The summed E-state index contributed by atoms with van der Waals surface area (Å²) in [6, 6.07) is 11.1. The predicted octanol–water partition coefficient (Wildman–Crippen LogP) is 4.01. The van der Waals surface area contributed by atoms with Crippen LogP contribution in [0.1, 0.15) is 31.9 Å². The topological polar surface area (TPSA) is 86.8 Å². The molecule has 2 rings (SSSR count). The molecule has 0 spiro atoms. The Labute approximate surface area is 205 Å². The van der Waals surface area contributed by atoms with Gasteiger partial charge in [0.1, 0.15) is 12.6 Å². The molecular formula is C23H29Cl2N3O4S. The van der Waals surface area contributed by atoms with Crippen molar-refractivity contribution in [1.29, 1.82) is 0 Å². The third-order valence-electron chi connectivity index (χ3n) is 4.95. The first-order valence-corrected chi connectivity index (χ1v) is 13.0. The van der Waals surface area contributed by atoms with Crippen molar-refractivity contribution in [2.45, 2.75) is 46.3 Å². The molecule has 0 saturated heterocycles. The lowest BCUT2D eigenvalue weighted by molar-refractivity contribution is -0.139. The van der Waals surface area contributed by atoms with Crippen LogP contribution < -0.4 is 9.62 Å². The van der Waals surface area contributed by atoms with E-state index in [-0.39, 0.29) is 34.2 Å². The maximum atomic E-state index is 13.4. The fourth-order valence-corrected chi connectivity index (χ4v) is 4.46. The Balaban J connectivity index is 2.43. The molecule has 2 amide bonds. The minimum absolute atomic E-state index is 0.0214. The molecule has 0 fully saturated rings. The van der Waals surface area contributed by atoms with E-state index in [1.807, 2.05) is 45.0 Å². The van der Waals surface area contributed by atoms with Crippen molar-refractivity contribution in [3.05, 3.63) is 63.6 Å². The van der Waals surface area contributed by atoms with E-state index in [9.17, 15) is 18.0 Å². The number of aryl methyl sites for hydroxylation is 1. The van der Waals surface area contributed by atoms with Gasteiger partial charge < -0.3 is 10.2 Å². The van der Waals surface area contributed by atoms with Gasteiger partial charge in [-0.25, -0.2) is 8.42 Å². The predicted molar refractivity (Wildman–Crippen MR) is 133 cm³/mol. The number of sulfonamides is 1. The van der Waals surface area contributed by atoms with Gasteiger partial charge in [0.15, 0.2) is 0 Å². The number of rotatable bonds is 9. The molecule has 180 valence electrons. The van der Waals surface area contributed by atoms with Crippen LogP contribution in [0.25, 0.3) is 0 Å². The zero-order valence-corrected chi connectivity index (χ0v) is 21.6. The van der Waals surface area contributed by atoms with Crippen LogP contribution >= 0.6 is 23.2 Å². The van der Waals surface area contributed by atoms with Crippen molar-refractivity contribution < 1.29 is 18.0 Å². The molecule has 0 heterocycles. The molecule has 0 aliphatic rings. The SMILES string of the molecule is Cc1ccc(CN(C(=O)CN(c2cccc(Cl)c2Cl)S(C)(=O)=O)[C@H](C)C(=O)NC(C)C)cc1. The molecule has 0 aliphatic heterocycles. The van der Waals surface area contributed by atoms with Gasteiger partial charge in [0, 0.05) is 12.6 Å². The van der Waals surface area contributed by atoms with Gasteiger partial charge in [0.2, 0.25) is 21.8 Å². The number of nitrogens with one attached hydrogen (secondary N) is 1. The molecule has 0 bridgehead atoms. The summed E-state index contributed by atoms with van der Waals surface area (Å²) in [6.07, 6.45) is 0.983. The van der Waals surface area contributed by atoms with Crippen LogP contribution in [-0.4, -0.2) is 50.0 Å². The molecule has 0 saturated carbocycles. The van der Waals surface area contributed by atoms with E-state index in [4.69, 9.17) is 23.2 Å². The Morgan fingerprint density at radius 3 is 2.18 bits per heavy atom. The highest BCUT2D eigenvalue weighted by atomic mass is 35.5. The van der Waals surface area contributed by atoms with E-state index in [0.29, 0.717) is 0 Å². The number of amides is 2. The number of benzene rings is 2. The fourth-order valence-electron chi connectivity index (χ4n) is 3.16. The summed E-state index contributed by atoms with van der Waals surface area (Å²) >= 11 is 12.3. The fraction of sp³-hybridized carbons (Fsp3) is 0.391. The van der Waals surface area contributed by atoms with Gasteiger partial charge in [-0.3, -0.25) is 13.9 Å². The molecule has 2 aromatic carbocycles. The summed E-state index contributed by atoms with van der Waals surface area (Å²) in [6.45, 7) is 6.80. The molecule has 33 heavy (non-hydrogen) atoms. The number of hydrogen-bond donors (Lipinski definition) is 1. The van der Waals surface area contributed by atoms with Crippen molar-refractivity contribution in [2.24, 2.45) is 0 Å². The van der Waals surface area contributed by atoms with E-state index in [0.717, 1.165) is 21.7 Å². The van der Waals surface area contributed by atoms with Crippen LogP contribution in [-0.2, 0) is 26.2 Å². The van der Waals surface area contributed by atoms with Crippen molar-refractivity contribution >= 4 is 50.7 Å². The van der Waals surface area contributed by atoms with Gasteiger partial charge in [-0.1, -0.05) is 59.1 Å². The number of nitrogens with zero attached hydrogens (tertiary/aromatic N) is 2. The lowest BCUT2D eigenvalue weighted by atomic mass is 10.1. The third-order valence-corrected chi connectivity index (χ3v) is 6.89. The second-order valence-corrected chi connectivity index (χ2v) is 10.9. The van der Waals surface area contributed by atoms with Gasteiger partial charge in [0.05, 0.1) is 22.0 Å². The van der Waals surface area contributed by atoms with Gasteiger partial charge >= 0.3 is 0 Å². The summed E-state index contributed by atoms with van der Waals surface area (Å²) in [5, 5.41) is 2.99. The summed E-state index contributed by atoms with van der Waals surface area (Å²) in [5.41, 5.74) is 1.96. The third kappa shape index (κ3) is 7.35. The first-order chi connectivity index (χ1) is 15.3. The van der Waals surface area contributed by atoms with E-state index in [1.54, 1.807) is 13.0 Å². The lowest BCUT2D eigenvalue weighted by Crippen LogP contribution is -2.52. The first kappa shape index (κ1) is 27.0. The smallest absolute Gasteiger partial charge is 0.244 e. The molecule has 7 nitrogen and oxygen atoms in total. The Morgan fingerprint density at radius 2 is 1.64 bits per heavy atom. The highest BCUT2D eigenvalue weighted by molar-refractivity contribution is 7.92. The highest BCUT2D eigenvalue weighted by Crippen LogP contribution is 2.33. The molecular weight excluding hydrogens is 485 g/mol. The summed E-state index contributed by atoms with van der Waals surface area (Å²) in [4.78, 5) is 27.5. The molecule has 0 aromatic heterocycles. The number of anilines is 1. The number of carbonyl (C=O) groups is 2. The van der Waals surface area contributed by atoms with E-state index < -0.39 is 28.5 Å². The van der Waals surface area contributed by atoms with Gasteiger partial charge in [-0.2, -0.15) is 0 Å². The molecule has 10 heteroatoms. The Kier molecular flexibility index (Phi) is 9.17. The van der Waals surface area contributed by atoms with Crippen LogP contribution in [0.3, 0.4) is 0 Å². The van der Waals surface area contributed by atoms with Crippen LogP contribution in [0.4, 0.5) is 5.69 Å². The number of carbonyl (C=O) groups excluding carboxylic acids is 2. The first-order valence-electron chi connectivity index (χ1n) is 10.4. The maximum absolute atomic E-state index is 13.4. The number of halogens is 2. The van der Waals surface area contributed by atoms with E-state index in [2.05, 4.69) is 5.32 Å². The molecule has 1 N–H and O–H groups in total. The van der Waals surface area contributed by atoms with Crippen LogP contribution in [0, 0.1) is 6.92 Å². The molecule has 0 aliphatic carbocycles. The van der Waals surface area contributed by atoms with Crippen molar-refractivity contribution in [2.75, 3.05) is 17.1 Å². The largest absolute Gasteiger partial charge is 0.352 e. The Morgan fingerprint density at radius 1 is 1.03 bits per heavy atom. The Bertz CT molecular complexity index is 1110. The van der Waals surface area contributed by atoms with E-state index >= 15 is 0 Å². The van der Waals surface area contributed by atoms with Gasteiger partial charge in [-0.05, 0) is 45.4 Å². The van der Waals surface area contributed by atoms with Crippen LogP contribution in [0.5, 0.6) is 0 Å². The molecule has 1 atom stereocenters. The molecule has 0 radical (unpaired) electrons. The lowest BCUT2D eigenvalue weighted by Gasteiger charge is -2.32. The quantitative estimate of drug-likeness (QED) is 0.548. The summed E-state index contributed by atoms with van der Waals surface area (Å²) in [7, 11) is -3.89. The average molecular weight is 514 g/mol. The maximum Gasteiger partial charge on any atom is 0.244 e. The highest BCUT2D eigenvalue weighted by Gasteiger charge is 2.31. The normalized spacial score (nSPS) is 12.4. The minimum atomic E-state index is -3.89. The monoisotopic (exact) mass is 513 g/mol. The van der Waals surface area contributed by atoms with Gasteiger partial charge in [-0.15, -0.1) is 0 Å². The second-order valence-electron chi connectivity index (χ2n) is 8.19. The second kappa shape index (κ2) is 11.2. The Hall–Kier alpha value is -2.29. The average Bonchev–Trinajstić information content (AvgIpc) is 2.72. The standard InChI is InChI=1S/C23H29Cl2N3O4S/c1-15(2)26-23(30)17(4)27(13-18-11-9-16(3)10-12-18)21(29)14-28(33(5,31)32)20-8-6-7-19(24)22(20)25/h6-12,15,17H,13-14H2,1-5H3,(H,26,30)/t17-/m1/s1. The van der Waals surface area contributed by atoms with Crippen LogP contribution in [0.2, 0.25) is 10.0 Å². The van der Waals surface area contributed by atoms with Crippen LogP contribution in [0.15, 0.2) is 42.5 Å². The summed E-state index contributed by atoms with van der Waals surface area (Å²) in [5.74, 6) is -0.888. The van der Waals surface area contributed by atoms with Crippen molar-refractivity contribution in [1.82, 2.24) is 10.2 Å².